The second kappa shape index (κ2) is 11.2. The van der Waals surface area contributed by atoms with E-state index in [4.69, 9.17) is 9.47 Å². The van der Waals surface area contributed by atoms with Gasteiger partial charge in [0.2, 0.25) is 5.78 Å². The molecule has 1 aliphatic carbocycles. The van der Waals surface area contributed by atoms with Gasteiger partial charge in [-0.05, 0) is 52.0 Å². The first-order chi connectivity index (χ1) is 18.6. The number of carbonyl (C=O) groups is 6. The number of ether oxygens (including phenoxy) is 2. The molecule has 40 heavy (non-hydrogen) atoms. The van der Waals surface area contributed by atoms with Crippen LogP contribution in [0.4, 0.5) is 11.4 Å². The second-order valence-electron chi connectivity index (χ2n) is 9.19. The van der Waals surface area contributed by atoms with Crippen molar-refractivity contribution in [2.75, 3.05) is 10.6 Å². The Balaban J connectivity index is 2.39. The number of rotatable bonds is 8. The van der Waals surface area contributed by atoms with E-state index >= 15 is 0 Å². The van der Waals surface area contributed by atoms with E-state index in [9.17, 15) is 28.8 Å². The zero-order chi connectivity index (χ0) is 30.0. The number of anilines is 2. The molecule has 2 amide bonds. The smallest absolute Gasteiger partial charge is 0.338 e. The van der Waals surface area contributed by atoms with E-state index < -0.39 is 35.3 Å². The summed E-state index contributed by atoms with van der Waals surface area (Å²) in [6.07, 6.45) is 0. The molecule has 0 atom stereocenters. The lowest BCUT2D eigenvalue weighted by atomic mass is 9.81. The molecule has 0 heterocycles. The number of ketones is 2. The number of fused-ring (bicyclic) bond motifs is 2. The van der Waals surface area contributed by atoms with Crippen LogP contribution in [0.1, 0.15) is 59.5 Å². The van der Waals surface area contributed by atoms with Crippen LogP contribution in [-0.4, -0.2) is 35.3 Å². The maximum absolute atomic E-state index is 14.1. The van der Waals surface area contributed by atoms with Crippen LogP contribution in [0.2, 0.25) is 0 Å². The molecule has 0 unspecified atom stereocenters. The number of benzene rings is 2. The first-order valence-corrected chi connectivity index (χ1v) is 11.8. The standard InChI is InChI=1S/C30H26N2O8/c1-13(2)27(35)31-17-9-11-19(39-29(37)15(5)6)23-21(17)25(33)22-18(32-28(36)14(3)4)10-12-20(24(22)26(23)34)40-30(38)16(7)8/h9-12H,1,3,5,7H2,2,4,6,8H3,(H,31,35)(H,32,36). The Morgan fingerprint density at radius 1 is 0.550 bits per heavy atom. The van der Waals surface area contributed by atoms with E-state index in [1.807, 2.05) is 0 Å². The predicted molar refractivity (Wildman–Crippen MR) is 148 cm³/mol. The van der Waals surface area contributed by atoms with Crippen LogP contribution in [0.3, 0.4) is 0 Å². The lowest BCUT2D eigenvalue weighted by Gasteiger charge is -2.26. The van der Waals surface area contributed by atoms with E-state index in [0.717, 1.165) is 0 Å². The van der Waals surface area contributed by atoms with Gasteiger partial charge in [0, 0.05) is 22.3 Å². The molecule has 0 bridgehead atoms. The zero-order valence-corrected chi connectivity index (χ0v) is 22.4. The Hall–Kier alpha value is -5.38. The quantitative estimate of drug-likeness (QED) is 0.241. The molecular formula is C30H26N2O8. The summed E-state index contributed by atoms with van der Waals surface area (Å²) in [5.41, 5.74) is -1.26. The first kappa shape index (κ1) is 29.2. The van der Waals surface area contributed by atoms with Gasteiger partial charge in [-0.3, -0.25) is 19.2 Å². The summed E-state index contributed by atoms with van der Waals surface area (Å²) in [7, 11) is 0. The molecule has 1 aliphatic rings. The number of amides is 2. The monoisotopic (exact) mass is 542 g/mol. The van der Waals surface area contributed by atoms with Gasteiger partial charge in [-0.1, -0.05) is 26.3 Å². The van der Waals surface area contributed by atoms with Crippen molar-refractivity contribution in [3.63, 3.8) is 0 Å². The predicted octanol–water partition coefficient (Wildman–Crippen LogP) is 4.45. The van der Waals surface area contributed by atoms with Crippen molar-refractivity contribution in [1.29, 1.82) is 0 Å². The normalized spacial score (nSPS) is 11.4. The van der Waals surface area contributed by atoms with Crippen LogP contribution in [0.25, 0.3) is 0 Å². The minimum Gasteiger partial charge on any atom is -0.422 e. The molecule has 0 aliphatic heterocycles. The molecule has 0 aromatic heterocycles. The third-order valence-electron chi connectivity index (χ3n) is 5.62. The lowest BCUT2D eigenvalue weighted by Crippen LogP contribution is -2.28. The summed E-state index contributed by atoms with van der Waals surface area (Å²) in [4.78, 5) is 77.9. The molecule has 204 valence electrons. The molecule has 0 spiro atoms. The van der Waals surface area contributed by atoms with Crippen LogP contribution < -0.4 is 20.1 Å². The highest BCUT2D eigenvalue weighted by molar-refractivity contribution is 6.34. The minimum absolute atomic E-state index is 0.0178. The van der Waals surface area contributed by atoms with Gasteiger partial charge >= 0.3 is 11.9 Å². The third kappa shape index (κ3) is 5.56. The van der Waals surface area contributed by atoms with Gasteiger partial charge in [0.05, 0.1) is 33.6 Å². The number of carbonyl (C=O) groups excluding carboxylic acids is 6. The fourth-order valence-electron chi connectivity index (χ4n) is 3.55. The van der Waals surface area contributed by atoms with Crippen LogP contribution in [-0.2, 0) is 19.2 Å². The highest BCUT2D eigenvalue weighted by Crippen LogP contribution is 2.43. The fraction of sp³-hybridized carbons (Fsp3) is 0.133. The van der Waals surface area contributed by atoms with Gasteiger partial charge in [0.25, 0.3) is 11.8 Å². The number of hydrogen-bond donors (Lipinski definition) is 2. The van der Waals surface area contributed by atoms with Gasteiger partial charge in [0.15, 0.2) is 5.78 Å². The molecule has 10 nitrogen and oxygen atoms in total. The summed E-state index contributed by atoms with van der Waals surface area (Å²) in [6.45, 7) is 19.9. The van der Waals surface area contributed by atoms with Gasteiger partial charge in [-0.15, -0.1) is 0 Å². The van der Waals surface area contributed by atoms with Crippen LogP contribution in [0, 0.1) is 0 Å². The Labute approximate surface area is 230 Å². The van der Waals surface area contributed by atoms with Crippen molar-refractivity contribution in [2.24, 2.45) is 0 Å². The average Bonchev–Trinajstić information content (AvgIpc) is 2.87. The fourth-order valence-corrected chi connectivity index (χ4v) is 3.55. The second-order valence-corrected chi connectivity index (χ2v) is 9.19. The molecule has 0 saturated carbocycles. The van der Waals surface area contributed by atoms with E-state index in [-0.39, 0.29) is 67.4 Å². The molecular weight excluding hydrogens is 516 g/mol. The van der Waals surface area contributed by atoms with Crippen LogP contribution in [0.15, 0.2) is 72.9 Å². The highest BCUT2D eigenvalue weighted by Gasteiger charge is 2.40. The van der Waals surface area contributed by atoms with E-state index in [1.165, 1.54) is 52.0 Å². The van der Waals surface area contributed by atoms with Crippen molar-refractivity contribution in [3.8, 4) is 11.5 Å². The molecule has 2 aromatic carbocycles. The SMILES string of the molecule is C=C(C)C(=O)Nc1ccc(OC(=O)C(=C)C)c2c1C(=O)c1c(NC(=O)C(=C)C)ccc(OC(=O)C(=C)C)c1C2=O. The third-order valence-corrected chi connectivity index (χ3v) is 5.62. The summed E-state index contributed by atoms with van der Waals surface area (Å²) < 4.78 is 10.7. The van der Waals surface area contributed by atoms with Gasteiger partial charge in [0.1, 0.15) is 11.5 Å². The van der Waals surface area contributed by atoms with E-state index in [0.29, 0.717) is 0 Å². The number of esters is 2. The van der Waals surface area contributed by atoms with Crippen LogP contribution >= 0.6 is 0 Å². The molecule has 2 N–H and O–H groups in total. The van der Waals surface area contributed by atoms with Crippen molar-refractivity contribution in [3.05, 3.63) is 95.1 Å². The Bertz CT molecular complexity index is 1380. The van der Waals surface area contributed by atoms with Crippen molar-refractivity contribution >= 4 is 46.7 Å². The van der Waals surface area contributed by atoms with Gasteiger partial charge in [-0.2, -0.15) is 0 Å². The summed E-state index contributed by atoms with van der Waals surface area (Å²) >= 11 is 0. The van der Waals surface area contributed by atoms with Gasteiger partial charge in [-0.25, -0.2) is 9.59 Å². The molecule has 2 aromatic rings. The van der Waals surface area contributed by atoms with E-state index in [2.05, 4.69) is 36.9 Å². The van der Waals surface area contributed by atoms with Crippen molar-refractivity contribution in [2.45, 2.75) is 27.7 Å². The Kier molecular flexibility index (Phi) is 8.14. The molecule has 3 rings (SSSR count). The molecule has 10 heteroatoms. The Morgan fingerprint density at radius 3 is 1.18 bits per heavy atom. The first-order valence-electron chi connectivity index (χ1n) is 11.8. The number of nitrogens with one attached hydrogen (secondary N) is 2. The molecule has 0 fully saturated rings. The summed E-state index contributed by atoms with van der Waals surface area (Å²) in [5, 5.41) is 5.05. The van der Waals surface area contributed by atoms with Crippen molar-refractivity contribution < 1.29 is 38.2 Å². The average molecular weight is 543 g/mol. The summed E-state index contributed by atoms with van der Waals surface area (Å²) in [5.74, 6) is -5.33. The summed E-state index contributed by atoms with van der Waals surface area (Å²) in [6, 6.07) is 5.04. The van der Waals surface area contributed by atoms with Crippen molar-refractivity contribution in [1.82, 2.24) is 0 Å². The largest absolute Gasteiger partial charge is 0.422 e. The molecule has 0 saturated heterocycles. The lowest BCUT2D eigenvalue weighted by molar-refractivity contribution is -0.130. The zero-order valence-electron chi connectivity index (χ0n) is 22.4. The maximum atomic E-state index is 14.1. The van der Waals surface area contributed by atoms with E-state index in [1.54, 1.807) is 0 Å². The minimum atomic E-state index is -0.878. The molecule has 0 radical (unpaired) electrons. The maximum Gasteiger partial charge on any atom is 0.338 e. The van der Waals surface area contributed by atoms with Gasteiger partial charge < -0.3 is 20.1 Å². The number of hydrogen-bond acceptors (Lipinski definition) is 8. The van der Waals surface area contributed by atoms with Crippen LogP contribution in [0.5, 0.6) is 11.5 Å². The Morgan fingerprint density at radius 2 is 0.875 bits per heavy atom. The topological polar surface area (TPSA) is 145 Å². The highest BCUT2D eigenvalue weighted by atomic mass is 16.5.